The fourth-order valence-corrected chi connectivity index (χ4v) is 4.64. The van der Waals surface area contributed by atoms with Crippen LogP contribution in [0.2, 0.25) is 0 Å². The zero-order valence-corrected chi connectivity index (χ0v) is 21.0. The normalized spacial score (nSPS) is 15.7. The van der Waals surface area contributed by atoms with Crippen molar-refractivity contribution in [3.63, 3.8) is 0 Å². The lowest BCUT2D eigenvalue weighted by atomic mass is 10.0. The van der Waals surface area contributed by atoms with E-state index in [2.05, 4.69) is 15.5 Å². The Kier molecular flexibility index (Phi) is 7.39. The van der Waals surface area contributed by atoms with Gasteiger partial charge in [-0.15, -0.1) is 0 Å². The lowest BCUT2D eigenvalue weighted by molar-refractivity contribution is -0.141. The van der Waals surface area contributed by atoms with Crippen molar-refractivity contribution in [2.75, 3.05) is 13.1 Å². The van der Waals surface area contributed by atoms with Crippen LogP contribution < -0.4 is 10.1 Å². The van der Waals surface area contributed by atoms with Gasteiger partial charge >= 0.3 is 0 Å². The van der Waals surface area contributed by atoms with Crippen molar-refractivity contribution in [2.24, 2.45) is 0 Å². The molecule has 3 aromatic carbocycles. The van der Waals surface area contributed by atoms with Crippen LogP contribution in [0.15, 0.2) is 72.8 Å². The van der Waals surface area contributed by atoms with E-state index in [9.17, 15) is 19.8 Å². The van der Waals surface area contributed by atoms with Gasteiger partial charge in [-0.25, -0.2) is 0 Å². The molecule has 2 heterocycles. The second-order valence-electron chi connectivity index (χ2n) is 9.46. The van der Waals surface area contributed by atoms with Gasteiger partial charge in [-0.05, 0) is 49.4 Å². The molecular weight excluding hydrogens is 484 g/mol. The quantitative estimate of drug-likeness (QED) is 0.280. The fraction of sp³-hybridized carbons (Fsp3) is 0.276. The number of H-pyrrole nitrogens is 1. The number of amides is 2. The van der Waals surface area contributed by atoms with Crippen LogP contribution in [-0.4, -0.2) is 62.4 Å². The van der Waals surface area contributed by atoms with E-state index >= 15 is 0 Å². The van der Waals surface area contributed by atoms with Crippen LogP contribution in [0.5, 0.6) is 5.75 Å². The van der Waals surface area contributed by atoms with Crippen LogP contribution >= 0.6 is 0 Å². The molecule has 38 heavy (non-hydrogen) atoms. The molecule has 1 aromatic heterocycles. The summed E-state index contributed by atoms with van der Waals surface area (Å²) in [5, 5.41) is 30.8. The molecular formula is C29H30N4O5. The van der Waals surface area contributed by atoms with Gasteiger partial charge in [-0.3, -0.25) is 14.7 Å². The summed E-state index contributed by atoms with van der Waals surface area (Å²) in [6.07, 6.45) is -0.689. The number of nitrogens with one attached hydrogen (secondary N) is 2. The van der Waals surface area contributed by atoms with E-state index in [0.717, 1.165) is 22.2 Å². The summed E-state index contributed by atoms with van der Waals surface area (Å²) in [5.41, 5.74) is 3.37. The molecule has 196 valence electrons. The summed E-state index contributed by atoms with van der Waals surface area (Å²) < 4.78 is 6.12. The molecule has 0 spiro atoms. The van der Waals surface area contributed by atoms with Gasteiger partial charge in [0.2, 0.25) is 0 Å². The predicted octanol–water partition coefficient (Wildman–Crippen LogP) is 3.40. The lowest BCUT2D eigenvalue weighted by Crippen LogP contribution is -2.45. The molecule has 1 fully saturated rings. The minimum atomic E-state index is -1.11. The largest absolute Gasteiger partial charge is 0.490 e. The van der Waals surface area contributed by atoms with Crippen LogP contribution in [0, 0.1) is 0 Å². The Morgan fingerprint density at radius 3 is 2.42 bits per heavy atom. The third-order valence-corrected chi connectivity index (χ3v) is 6.75. The highest BCUT2D eigenvalue weighted by Crippen LogP contribution is 2.29. The van der Waals surface area contributed by atoms with Crippen molar-refractivity contribution < 1.29 is 24.5 Å². The maximum atomic E-state index is 12.8. The number of aromatic amines is 1. The molecule has 1 aliphatic rings. The maximum absolute atomic E-state index is 12.8. The van der Waals surface area contributed by atoms with E-state index in [1.54, 1.807) is 47.4 Å². The molecule has 0 unspecified atom stereocenters. The van der Waals surface area contributed by atoms with Gasteiger partial charge in [-0.1, -0.05) is 30.3 Å². The van der Waals surface area contributed by atoms with Crippen molar-refractivity contribution in [1.29, 1.82) is 0 Å². The molecule has 1 saturated heterocycles. The summed E-state index contributed by atoms with van der Waals surface area (Å²) in [6.45, 7) is 2.61. The smallest absolute Gasteiger partial charge is 0.253 e. The number of carbonyl (C=O) groups is 2. The standard InChI is InChI=1S/C29H30N4O5/c1-18(34)29(37)33-15-13-23(14-16-33)38-22-10-7-19(8-11-22)26-24-17-21(9-12-25(24)31-32-26)28(36)30-27(35)20-5-3-2-4-6-20/h2-12,17-18,23,27,34-35H,13-16H2,1H3,(H,30,36)(H,31,32)/t18-,27-/m0/s1. The summed E-state index contributed by atoms with van der Waals surface area (Å²) in [6, 6.07) is 21.8. The van der Waals surface area contributed by atoms with E-state index in [1.165, 1.54) is 6.92 Å². The first-order valence-corrected chi connectivity index (χ1v) is 12.6. The number of benzene rings is 3. The third kappa shape index (κ3) is 5.53. The van der Waals surface area contributed by atoms with Crippen LogP contribution in [0.1, 0.15) is 41.9 Å². The molecule has 0 saturated carbocycles. The fourth-order valence-electron chi connectivity index (χ4n) is 4.64. The highest BCUT2D eigenvalue weighted by Gasteiger charge is 2.26. The van der Waals surface area contributed by atoms with Gasteiger partial charge in [0.05, 0.1) is 11.2 Å². The number of fused-ring (bicyclic) bond motifs is 1. The van der Waals surface area contributed by atoms with Gasteiger partial charge in [0.25, 0.3) is 11.8 Å². The van der Waals surface area contributed by atoms with E-state index in [-0.39, 0.29) is 17.9 Å². The van der Waals surface area contributed by atoms with Crippen molar-refractivity contribution >= 4 is 22.7 Å². The number of hydrogen-bond acceptors (Lipinski definition) is 6. The first kappa shape index (κ1) is 25.4. The number of aromatic nitrogens is 2. The van der Waals surface area contributed by atoms with E-state index < -0.39 is 12.3 Å². The molecule has 0 aliphatic carbocycles. The van der Waals surface area contributed by atoms with E-state index in [4.69, 9.17) is 4.74 Å². The number of aliphatic hydroxyl groups excluding tert-OH is 2. The molecule has 4 N–H and O–H groups in total. The molecule has 4 aromatic rings. The molecule has 1 aliphatic heterocycles. The second-order valence-corrected chi connectivity index (χ2v) is 9.46. The average Bonchev–Trinajstić information content (AvgIpc) is 3.37. The SMILES string of the molecule is C[C@H](O)C(=O)N1CCC(Oc2ccc(-c3n[nH]c4ccc(C(=O)N[C@@H](O)c5ccccc5)cc34)cc2)CC1. The Bertz CT molecular complexity index is 1410. The Morgan fingerprint density at radius 2 is 1.74 bits per heavy atom. The molecule has 2 amide bonds. The molecule has 9 nitrogen and oxygen atoms in total. The molecule has 9 heteroatoms. The molecule has 5 rings (SSSR count). The van der Waals surface area contributed by atoms with Gasteiger partial charge in [0.1, 0.15) is 18.0 Å². The topological polar surface area (TPSA) is 128 Å². The number of rotatable bonds is 7. The molecule has 0 radical (unpaired) electrons. The lowest BCUT2D eigenvalue weighted by Gasteiger charge is -2.32. The van der Waals surface area contributed by atoms with Gasteiger partial charge in [0, 0.05) is 48.0 Å². The zero-order valence-electron chi connectivity index (χ0n) is 21.0. The number of aliphatic hydroxyl groups is 2. The predicted molar refractivity (Wildman–Crippen MR) is 142 cm³/mol. The number of likely N-dealkylation sites (tertiary alicyclic amines) is 1. The minimum absolute atomic E-state index is 0.00239. The van der Waals surface area contributed by atoms with Crippen LogP contribution in [0.4, 0.5) is 0 Å². The Hall–Kier alpha value is -4.21. The Labute approximate surface area is 220 Å². The highest BCUT2D eigenvalue weighted by atomic mass is 16.5. The first-order valence-electron chi connectivity index (χ1n) is 12.6. The monoisotopic (exact) mass is 514 g/mol. The number of ether oxygens (including phenoxy) is 1. The second kappa shape index (κ2) is 11.0. The van der Waals surface area contributed by atoms with Gasteiger partial charge in [0.15, 0.2) is 6.23 Å². The van der Waals surface area contributed by atoms with E-state index in [1.807, 2.05) is 30.3 Å². The average molecular weight is 515 g/mol. The van der Waals surface area contributed by atoms with Crippen molar-refractivity contribution in [3.05, 3.63) is 83.9 Å². The zero-order chi connectivity index (χ0) is 26.6. The maximum Gasteiger partial charge on any atom is 0.253 e. The van der Waals surface area contributed by atoms with Crippen LogP contribution in [0.3, 0.4) is 0 Å². The van der Waals surface area contributed by atoms with Crippen molar-refractivity contribution in [2.45, 2.75) is 38.2 Å². The first-order chi connectivity index (χ1) is 18.4. The highest BCUT2D eigenvalue weighted by molar-refractivity contribution is 6.01. The third-order valence-electron chi connectivity index (χ3n) is 6.75. The Morgan fingerprint density at radius 1 is 1.03 bits per heavy atom. The van der Waals surface area contributed by atoms with Crippen molar-refractivity contribution in [1.82, 2.24) is 20.4 Å². The van der Waals surface area contributed by atoms with Crippen LogP contribution in [0.25, 0.3) is 22.2 Å². The van der Waals surface area contributed by atoms with Gasteiger partial charge < -0.3 is 25.2 Å². The number of carbonyl (C=O) groups excluding carboxylic acids is 2. The summed E-state index contributed by atoms with van der Waals surface area (Å²) in [7, 11) is 0. The number of piperidine rings is 1. The molecule has 0 bridgehead atoms. The van der Waals surface area contributed by atoms with E-state index in [0.29, 0.717) is 42.8 Å². The van der Waals surface area contributed by atoms with Gasteiger partial charge in [-0.2, -0.15) is 5.10 Å². The number of hydrogen-bond donors (Lipinski definition) is 4. The molecule has 2 atom stereocenters. The Balaban J connectivity index is 1.25. The minimum Gasteiger partial charge on any atom is -0.490 e. The summed E-state index contributed by atoms with van der Waals surface area (Å²) in [4.78, 5) is 26.5. The number of nitrogens with zero attached hydrogens (tertiary/aromatic N) is 2. The summed E-state index contributed by atoms with van der Waals surface area (Å²) in [5.74, 6) is 0.0937. The summed E-state index contributed by atoms with van der Waals surface area (Å²) >= 11 is 0. The van der Waals surface area contributed by atoms with Crippen LogP contribution in [-0.2, 0) is 4.79 Å². The van der Waals surface area contributed by atoms with Crippen molar-refractivity contribution in [3.8, 4) is 17.0 Å².